The van der Waals surface area contributed by atoms with Crippen LogP contribution in [0.1, 0.15) is 57.1 Å². The summed E-state index contributed by atoms with van der Waals surface area (Å²) >= 11 is 0. The summed E-state index contributed by atoms with van der Waals surface area (Å²) in [5.74, 6) is 0.340. The number of unbranched alkanes of at least 4 members (excludes halogenated alkanes) is 1. The van der Waals surface area contributed by atoms with Crippen LogP contribution in [0.3, 0.4) is 0 Å². The van der Waals surface area contributed by atoms with Gasteiger partial charge >= 0.3 is 0 Å². The lowest BCUT2D eigenvalue weighted by molar-refractivity contribution is -0.134. The Bertz CT molecular complexity index is 575. The molecule has 0 spiro atoms. The predicted molar refractivity (Wildman–Crippen MR) is 98.0 cm³/mol. The number of piperidine rings is 1. The van der Waals surface area contributed by atoms with Gasteiger partial charge in [-0.05, 0) is 43.7 Å². The maximum atomic E-state index is 12.6. The number of para-hydroxylation sites is 1. The van der Waals surface area contributed by atoms with Crippen molar-refractivity contribution >= 4 is 17.5 Å². The SMILES string of the molecule is CCCCC(=O)N1CCC(C(=O)Nc2c(C)cccc2CC)CC1. The zero-order valence-electron chi connectivity index (χ0n) is 15.2. The van der Waals surface area contributed by atoms with Crippen LogP contribution in [-0.4, -0.2) is 29.8 Å². The molecule has 4 nitrogen and oxygen atoms in total. The Morgan fingerprint density at radius 3 is 2.54 bits per heavy atom. The first-order valence-corrected chi connectivity index (χ1v) is 9.23. The fourth-order valence-corrected chi connectivity index (χ4v) is 3.30. The third-order valence-electron chi connectivity index (χ3n) is 4.95. The average Bonchev–Trinajstić information content (AvgIpc) is 2.61. The highest BCUT2D eigenvalue weighted by Crippen LogP contribution is 2.24. The Kier molecular flexibility index (Phi) is 6.83. The lowest BCUT2D eigenvalue weighted by Gasteiger charge is -2.31. The van der Waals surface area contributed by atoms with Crippen molar-refractivity contribution in [3.05, 3.63) is 29.3 Å². The molecule has 1 aliphatic rings. The molecule has 0 unspecified atom stereocenters. The largest absolute Gasteiger partial charge is 0.343 e. The number of carbonyl (C=O) groups is 2. The summed E-state index contributed by atoms with van der Waals surface area (Å²) in [5, 5.41) is 3.14. The van der Waals surface area contributed by atoms with Gasteiger partial charge in [-0.1, -0.05) is 38.5 Å². The highest BCUT2D eigenvalue weighted by molar-refractivity contribution is 5.94. The normalized spacial score (nSPS) is 15.4. The fourth-order valence-electron chi connectivity index (χ4n) is 3.30. The molecule has 0 saturated carbocycles. The number of anilines is 1. The monoisotopic (exact) mass is 330 g/mol. The van der Waals surface area contributed by atoms with E-state index in [0.717, 1.165) is 43.4 Å². The molecule has 0 atom stereocenters. The van der Waals surface area contributed by atoms with E-state index in [2.05, 4.69) is 25.2 Å². The molecule has 0 radical (unpaired) electrons. The molecule has 1 aliphatic heterocycles. The van der Waals surface area contributed by atoms with E-state index < -0.39 is 0 Å². The zero-order chi connectivity index (χ0) is 17.5. The minimum atomic E-state index is 0.00420. The van der Waals surface area contributed by atoms with Gasteiger partial charge in [0.25, 0.3) is 0 Å². The number of carbonyl (C=O) groups excluding carboxylic acids is 2. The standard InChI is InChI=1S/C20H30N2O2/c1-4-6-10-18(23)22-13-11-17(12-14-22)20(24)21-19-15(3)8-7-9-16(19)5-2/h7-9,17H,4-6,10-14H2,1-3H3,(H,21,24). The van der Waals surface area contributed by atoms with E-state index in [1.807, 2.05) is 24.0 Å². The lowest BCUT2D eigenvalue weighted by atomic mass is 9.95. The van der Waals surface area contributed by atoms with E-state index in [9.17, 15) is 9.59 Å². The van der Waals surface area contributed by atoms with Gasteiger partial charge in [-0.15, -0.1) is 0 Å². The highest BCUT2D eigenvalue weighted by atomic mass is 16.2. The van der Waals surface area contributed by atoms with Gasteiger partial charge in [0.1, 0.15) is 0 Å². The minimum Gasteiger partial charge on any atom is -0.343 e. The number of aryl methyl sites for hydroxylation is 2. The van der Waals surface area contributed by atoms with Gasteiger partial charge in [0.05, 0.1) is 0 Å². The molecule has 1 aromatic carbocycles. The number of nitrogens with one attached hydrogen (secondary N) is 1. The van der Waals surface area contributed by atoms with Gasteiger partial charge in [-0.25, -0.2) is 0 Å². The summed E-state index contributed by atoms with van der Waals surface area (Å²) in [4.78, 5) is 26.6. The second-order valence-electron chi connectivity index (χ2n) is 6.71. The van der Waals surface area contributed by atoms with Crippen LogP contribution in [-0.2, 0) is 16.0 Å². The number of hydrogen-bond donors (Lipinski definition) is 1. The van der Waals surface area contributed by atoms with Crippen LogP contribution >= 0.6 is 0 Å². The first-order valence-electron chi connectivity index (χ1n) is 9.23. The molecular weight excluding hydrogens is 300 g/mol. The highest BCUT2D eigenvalue weighted by Gasteiger charge is 2.27. The first-order chi connectivity index (χ1) is 11.6. The van der Waals surface area contributed by atoms with E-state index in [1.54, 1.807) is 0 Å². The molecule has 1 saturated heterocycles. The van der Waals surface area contributed by atoms with Crippen LogP contribution in [0, 0.1) is 12.8 Å². The van der Waals surface area contributed by atoms with Crippen molar-refractivity contribution in [2.45, 2.75) is 59.3 Å². The molecule has 1 fully saturated rings. The molecule has 2 amide bonds. The Morgan fingerprint density at radius 1 is 1.21 bits per heavy atom. The van der Waals surface area contributed by atoms with E-state index in [-0.39, 0.29) is 17.7 Å². The van der Waals surface area contributed by atoms with Gasteiger partial charge in [0.2, 0.25) is 11.8 Å². The maximum Gasteiger partial charge on any atom is 0.227 e. The predicted octanol–water partition coefficient (Wildman–Crippen LogP) is 3.92. The Morgan fingerprint density at radius 2 is 1.92 bits per heavy atom. The van der Waals surface area contributed by atoms with Gasteiger partial charge in [0.15, 0.2) is 0 Å². The number of likely N-dealkylation sites (tertiary alicyclic amines) is 1. The summed E-state index contributed by atoms with van der Waals surface area (Å²) < 4.78 is 0. The Balaban J connectivity index is 1.91. The molecule has 132 valence electrons. The van der Waals surface area contributed by atoms with Crippen LogP contribution in [0.5, 0.6) is 0 Å². The molecule has 24 heavy (non-hydrogen) atoms. The van der Waals surface area contributed by atoms with E-state index in [1.165, 1.54) is 5.56 Å². The average molecular weight is 330 g/mol. The number of benzene rings is 1. The molecule has 1 aromatic rings. The van der Waals surface area contributed by atoms with Crippen molar-refractivity contribution in [1.29, 1.82) is 0 Å². The second-order valence-corrected chi connectivity index (χ2v) is 6.71. The number of nitrogens with zero attached hydrogens (tertiary/aromatic N) is 1. The number of amides is 2. The first kappa shape index (κ1) is 18.5. The number of rotatable bonds is 6. The second kappa shape index (κ2) is 8.86. The molecule has 0 aliphatic carbocycles. The summed E-state index contributed by atoms with van der Waals surface area (Å²) in [5.41, 5.74) is 3.25. The quantitative estimate of drug-likeness (QED) is 0.859. The van der Waals surface area contributed by atoms with Crippen molar-refractivity contribution < 1.29 is 9.59 Å². The molecule has 2 rings (SSSR count). The van der Waals surface area contributed by atoms with Crippen LogP contribution in [0.25, 0.3) is 0 Å². The molecule has 4 heteroatoms. The minimum absolute atomic E-state index is 0.00420. The summed E-state index contributed by atoms with van der Waals surface area (Å²) in [6.45, 7) is 7.64. The summed E-state index contributed by atoms with van der Waals surface area (Å²) in [7, 11) is 0. The van der Waals surface area contributed by atoms with Crippen LogP contribution < -0.4 is 5.32 Å². The smallest absolute Gasteiger partial charge is 0.227 e. The van der Waals surface area contributed by atoms with Crippen molar-refractivity contribution in [2.24, 2.45) is 5.92 Å². The van der Waals surface area contributed by atoms with Gasteiger partial charge in [-0.3, -0.25) is 9.59 Å². The van der Waals surface area contributed by atoms with E-state index in [4.69, 9.17) is 0 Å². The molecule has 1 N–H and O–H groups in total. The van der Waals surface area contributed by atoms with Crippen LogP contribution in [0.4, 0.5) is 5.69 Å². The van der Waals surface area contributed by atoms with Gasteiger partial charge in [0, 0.05) is 31.1 Å². The zero-order valence-corrected chi connectivity index (χ0v) is 15.2. The topological polar surface area (TPSA) is 49.4 Å². The third kappa shape index (κ3) is 4.59. The lowest BCUT2D eigenvalue weighted by Crippen LogP contribution is -2.41. The molecule has 0 bridgehead atoms. The summed E-state index contributed by atoms with van der Waals surface area (Å²) in [6, 6.07) is 6.13. The Hall–Kier alpha value is -1.84. The van der Waals surface area contributed by atoms with Crippen molar-refractivity contribution in [3.63, 3.8) is 0 Å². The van der Waals surface area contributed by atoms with Crippen molar-refractivity contribution in [3.8, 4) is 0 Å². The van der Waals surface area contributed by atoms with Crippen molar-refractivity contribution in [1.82, 2.24) is 4.90 Å². The van der Waals surface area contributed by atoms with Gasteiger partial charge < -0.3 is 10.2 Å². The van der Waals surface area contributed by atoms with Crippen LogP contribution in [0.15, 0.2) is 18.2 Å². The third-order valence-corrected chi connectivity index (χ3v) is 4.95. The molecular formula is C20H30N2O2. The molecule has 1 heterocycles. The molecule has 0 aromatic heterocycles. The van der Waals surface area contributed by atoms with E-state index in [0.29, 0.717) is 19.5 Å². The number of hydrogen-bond acceptors (Lipinski definition) is 2. The van der Waals surface area contributed by atoms with Crippen LogP contribution in [0.2, 0.25) is 0 Å². The summed E-state index contributed by atoms with van der Waals surface area (Å²) in [6.07, 6.45) is 5.05. The maximum absolute atomic E-state index is 12.6. The fraction of sp³-hybridized carbons (Fsp3) is 0.600. The Labute approximate surface area is 145 Å². The van der Waals surface area contributed by atoms with E-state index >= 15 is 0 Å². The van der Waals surface area contributed by atoms with Crippen molar-refractivity contribution in [2.75, 3.05) is 18.4 Å². The van der Waals surface area contributed by atoms with Gasteiger partial charge in [-0.2, -0.15) is 0 Å².